The van der Waals surface area contributed by atoms with Crippen molar-refractivity contribution >= 4 is 12.1 Å². The number of Topliss-reactive ketones (excluding diaryl/α,β-unsaturated/α-hetero) is 1. The summed E-state index contributed by atoms with van der Waals surface area (Å²) in [5, 5.41) is 0. The molecule has 0 unspecified atom stereocenters. The van der Waals surface area contributed by atoms with Crippen LogP contribution in [-0.2, 0) is 9.59 Å². The molecule has 0 atom stereocenters. The van der Waals surface area contributed by atoms with E-state index in [4.69, 9.17) is 0 Å². The number of ketones is 1. The Morgan fingerprint density at radius 2 is 1.28 bits per heavy atom. The highest BCUT2D eigenvalue weighted by Crippen LogP contribution is 1.74. The molecule has 0 aliphatic heterocycles. The molecular weight excluding hydrogens is 228 g/mol. The van der Waals surface area contributed by atoms with Crippen LogP contribution in [0.5, 0.6) is 0 Å². The van der Waals surface area contributed by atoms with Crippen LogP contribution in [0.2, 0.25) is 0 Å². The number of pyridine rings is 2. The maximum Gasteiger partial charge on any atom is 0.136 e. The summed E-state index contributed by atoms with van der Waals surface area (Å²) in [7, 11) is 0. The second kappa shape index (κ2) is 12.7. The maximum absolute atomic E-state index is 9.81. The van der Waals surface area contributed by atoms with Gasteiger partial charge in [0.05, 0.1) is 6.42 Å². The van der Waals surface area contributed by atoms with Crippen LogP contribution in [0.4, 0.5) is 0 Å². The summed E-state index contributed by atoms with van der Waals surface area (Å²) in [5.41, 5.74) is 0. The molecule has 0 radical (unpaired) electrons. The van der Waals surface area contributed by atoms with Gasteiger partial charge in [0.1, 0.15) is 12.1 Å². The molecule has 4 nitrogen and oxygen atoms in total. The molecule has 0 amide bonds. The van der Waals surface area contributed by atoms with Crippen molar-refractivity contribution in [2.24, 2.45) is 0 Å². The molecule has 0 bridgehead atoms. The van der Waals surface area contributed by atoms with E-state index in [9.17, 15) is 9.59 Å². The number of nitrogens with zero attached hydrogens (tertiary/aromatic N) is 2. The standard InChI is InChI=1S/2C5H5N.C4H6O2/c2*1-2-4-6-5-3-1;1-4(6)2-3-5/h2*1-5H;3H,2H2,1H3. The van der Waals surface area contributed by atoms with Crippen molar-refractivity contribution in [3.8, 4) is 0 Å². The molecule has 94 valence electrons. The predicted molar refractivity (Wildman–Crippen MR) is 69.8 cm³/mol. The van der Waals surface area contributed by atoms with Crippen LogP contribution >= 0.6 is 0 Å². The van der Waals surface area contributed by atoms with E-state index in [0.29, 0.717) is 6.29 Å². The Morgan fingerprint density at radius 3 is 1.33 bits per heavy atom. The molecule has 18 heavy (non-hydrogen) atoms. The quantitative estimate of drug-likeness (QED) is 0.601. The second-order valence-corrected chi connectivity index (χ2v) is 3.12. The zero-order valence-corrected chi connectivity index (χ0v) is 10.3. The van der Waals surface area contributed by atoms with E-state index in [1.165, 1.54) is 6.92 Å². The third-order valence-electron chi connectivity index (χ3n) is 1.50. The summed E-state index contributed by atoms with van der Waals surface area (Å²) in [6, 6.07) is 11.4. The molecule has 0 saturated carbocycles. The van der Waals surface area contributed by atoms with Gasteiger partial charge in [0.25, 0.3) is 0 Å². The summed E-state index contributed by atoms with van der Waals surface area (Å²) < 4.78 is 0. The van der Waals surface area contributed by atoms with Gasteiger partial charge in [0.15, 0.2) is 0 Å². The molecule has 0 N–H and O–H groups in total. The van der Waals surface area contributed by atoms with Crippen LogP contribution in [0.15, 0.2) is 61.2 Å². The summed E-state index contributed by atoms with van der Waals surface area (Å²) in [6.07, 6.45) is 7.66. The van der Waals surface area contributed by atoms with Crippen LogP contribution < -0.4 is 0 Å². The summed E-state index contributed by atoms with van der Waals surface area (Å²) in [5.74, 6) is -0.0787. The number of aromatic nitrogens is 2. The first-order chi connectivity index (χ1) is 8.77. The van der Waals surface area contributed by atoms with Gasteiger partial charge in [-0.3, -0.25) is 14.8 Å². The summed E-state index contributed by atoms with van der Waals surface area (Å²) in [6.45, 7) is 1.38. The van der Waals surface area contributed by atoms with E-state index in [1.54, 1.807) is 24.8 Å². The van der Waals surface area contributed by atoms with Crippen LogP contribution in [-0.4, -0.2) is 22.0 Å². The molecule has 0 aliphatic rings. The van der Waals surface area contributed by atoms with E-state index in [-0.39, 0.29) is 12.2 Å². The van der Waals surface area contributed by atoms with E-state index < -0.39 is 0 Å². The fourth-order valence-corrected chi connectivity index (χ4v) is 0.743. The fourth-order valence-electron chi connectivity index (χ4n) is 0.743. The van der Waals surface area contributed by atoms with E-state index in [2.05, 4.69) is 9.97 Å². The fraction of sp³-hybridized carbons (Fsp3) is 0.143. The molecule has 0 fully saturated rings. The maximum atomic E-state index is 9.81. The van der Waals surface area contributed by atoms with Crippen molar-refractivity contribution in [3.63, 3.8) is 0 Å². The minimum Gasteiger partial charge on any atom is -0.303 e. The van der Waals surface area contributed by atoms with Gasteiger partial charge >= 0.3 is 0 Å². The molecule has 4 heteroatoms. The Hall–Kier alpha value is -2.36. The Morgan fingerprint density at radius 1 is 0.889 bits per heavy atom. The molecule has 0 spiro atoms. The lowest BCUT2D eigenvalue weighted by molar-refractivity contribution is -0.120. The topological polar surface area (TPSA) is 59.9 Å². The number of carbonyl (C=O) groups excluding carboxylic acids is 2. The minimum atomic E-state index is -0.0787. The monoisotopic (exact) mass is 244 g/mol. The van der Waals surface area contributed by atoms with Crippen molar-refractivity contribution in [1.82, 2.24) is 9.97 Å². The lowest BCUT2D eigenvalue weighted by Gasteiger charge is -1.71. The molecule has 2 heterocycles. The highest BCUT2D eigenvalue weighted by Gasteiger charge is 1.83. The lowest BCUT2D eigenvalue weighted by atomic mass is 10.3. The van der Waals surface area contributed by atoms with Crippen molar-refractivity contribution in [1.29, 1.82) is 0 Å². The Balaban J connectivity index is 0.000000241. The van der Waals surface area contributed by atoms with E-state index in [0.717, 1.165) is 0 Å². The Bertz CT molecular complexity index is 320. The van der Waals surface area contributed by atoms with Gasteiger partial charge in [0, 0.05) is 24.8 Å². The van der Waals surface area contributed by atoms with Crippen molar-refractivity contribution in [2.45, 2.75) is 13.3 Å². The van der Waals surface area contributed by atoms with Crippen LogP contribution in [0.3, 0.4) is 0 Å². The van der Waals surface area contributed by atoms with Gasteiger partial charge in [0.2, 0.25) is 0 Å². The SMILES string of the molecule is CC(=O)CC=O.c1ccncc1.c1ccncc1. The lowest BCUT2D eigenvalue weighted by Crippen LogP contribution is -1.87. The molecule has 2 aromatic rings. The van der Waals surface area contributed by atoms with Crippen LogP contribution in [0, 0.1) is 0 Å². The number of aldehydes is 1. The van der Waals surface area contributed by atoms with E-state index >= 15 is 0 Å². The van der Waals surface area contributed by atoms with E-state index in [1.807, 2.05) is 36.4 Å². The van der Waals surface area contributed by atoms with Gasteiger partial charge < -0.3 is 4.79 Å². The number of rotatable bonds is 2. The number of carbonyl (C=O) groups is 2. The van der Waals surface area contributed by atoms with Gasteiger partial charge in [-0.15, -0.1) is 0 Å². The second-order valence-electron chi connectivity index (χ2n) is 3.12. The average molecular weight is 244 g/mol. The minimum absolute atomic E-state index is 0.0556. The highest BCUT2D eigenvalue weighted by atomic mass is 16.1. The van der Waals surface area contributed by atoms with Crippen molar-refractivity contribution in [2.75, 3.05) is 0 Å². The Kier molecular flexibility index (Phi) is 11.0. The molecule has 0 saturated heterocycles. The largest absolute Gasteiger partial charge is 0.303 e. The van der Waals surface area contributed by atoms with Gasteiger partial charge in [-0.05, 0) is 31.2 Å². The molecule has 2 rings (SSSR count). The summed E-state index contributed by atoms with van der Waals surface area (Å²) in [4.78, 5) is 26.8. The first-order valence-electron chi connectivity index (χ1n) is 5.40. The normalized spacial score (nSPS) is 7.83. The predicted octanol–water partition coefficient (Wildman–Crippen LogP) is 2.33. The first-order valence-corrected chi connectivity index (χ1v) is 5.40. The molecule has 0 aliphatic carbocycles. The zero-order chi connectivity index (χ0) is 13.5. The smallest absolute Gasteiger partial charge is 0.136 e. The first kappa shape index (κ1) is 15.6. The zero-order valence-electron chi connectivity index (χ0n) is 10.3. The molecular formula is C14H16N2O2. The van der Waals surface area contributed by atoms with Gasteiger partial charge in [-0.1, -0.05) is 12.1 Å². The third kappa shape index (κ3) is 13.6. The molecule has 2 aromatic heterocycles. The summed E-state index contributed by atoms with van der Waals surface area (Å²) >= 11 is 0. The number of hydrogen-bond donors (Lipinski definition) is 0. The third-order valence-corrected chi connectivity index (χ3v) is 1.50. The average Bonchev–Trinajstić information content (AvgIpc) is 2.44. The van der Waals surface area contributed by atoms with Gasteiger partial charge in [-0.25, -0.2) is 0 Å². The highest BCUT2D eigenvalue weighted by molar-refractivity contribution is 5.87. The number of hydrogen-bond acceptors (Lipinski definition) is 4. The van der Waals surface area contributed by atoms with Crippen LogP contribution in [0.1, 0.15) is 13.3 Å². The Labute approximate surface area is 107 Å². The van der Waals surface area contributed by atoms with Crippen molar-refractivity contribution in [3.05, 3.63) is 61.2 Å². The molecule has 0 aromatic carbocycles. The van der Waals surface area contributed by atoms with Crippen molar-refractivity contribution < 1.29 is 9.59 Å². The van der Waals surface area contributed by atoms with Crippen LogP contribution in [0.25, 0.3) is 0 Å². The van der Waals surface area contributed by atoms with Gasteiger partial charge in [-0.2, -0.15) is 0 Å².